The fraction of sp³-hybridized carbons (Fsp3) is 0.333. The summed E-state index contributed by atoms with van der Waals surface area (Å²) in [6, 6.07) is 5.88. The monoisotopic (exact) mass is 264 g/mol. The zero-order chi connectivity index (χ0) is 8.27. The Morgan fingerprint density at radius 3 is 2.64 bits per heavy atom. The number of hydrogen-bond donors (Lipinski definition) is 0. The molecular weight excluding hydrogens is 254 g/mol. The summed E-state index contributed by atoms with van der Waals surface area (Å²) in [6.07, 6.45) is 1.02. The number of benzene rings is 1. The maximum Gasteiger partial charge on any atom is 0.116 e. The van der Waals surface area contributed by atoms with Gasteiger partial charge in [-0.3, -0.25) is 0 Å². The summed E-state index contributed by atoms with van der Waals surface area (Å²) in [5, 5.41) is 0. The molecule has 0 unspecified atom stereocenters. The molecule has 60 valence electrons. The normalized spacial score (nSPS) is 10.1. The summed E-state index contributed by atoms with van der Waals surface area (Å²) in [5.74, 6) is 0. The number of hydrogen-bond acceptors (Lipinski definition) is 0. The van der Waals surface area contributed by atoms with Gasteiger partial charge in [-0.05, 0) is 46.2 Å². The first kappa shape index (κ1) is 8.97. The first-order valence-electron chi connectivity index (χ1n) is 3.61. The average molecular weight is 264 g/mol. The van der Waals surface area contributed by atoms with Crippen molar-refractivity contribution in [2.24, 2.45) is 0 Å². The minimum absolute atomic E-state index is 0.359. The third kappa shape index (κ3) is 2.15. The van der Waals surface area contributed by atoms with Crippen molar-refractivity contribution >= 4 is 22.6 Å². The molecule has 0 N–H and O–H groups in total. The summed E-state index contributed by atoms with van der Waals surface area (Å²) < 4.78 is 13.2. The number of halogens is 2. The second-order valence-electron chi connectivity index (χ2n) is 2.41. The minimum Gasteiger partial charge on any atom is -0.246 e. The van der Waals surface area contributed by atoms with E-state index in [0.717, 1.165) is 15.6 Å². The van der Waals surface area contributed by atoms with Crippen molar-refractivity contribution in [2.75, 3.05) is 0 Å². The van der Waals surface area contributed by atoms with Crippen LogP contribution in [0.5, 0.6) is 0 Å². The van der Waals surface area contributed by atoms with Crippen LogP contribution < -0.4 is 0 Å². The van der Waals surface area contributed by atoms with Gasteiger partial charge in [-0.1, -0.05) is 19.1 Å². The van der Waals surface area contributed by atoms with Crippen LogP contribution in [-0.2, 0) is 13.1 Å². The first-order valence-corrected chi connectivity index (χ1v) is 4.69. The molecule has 1 aromatic rings. The summed E-state index contributed by atoms with van der Waals surface area (Å²) in [5.41, 5.74) is 2.06. The van der Waals surface area contributed by atoms with E-state index in [1.54, 1.807) is 0 Å². The standard InChI is InChI=1S/C9H10FI/c1-2-7-3-4-8(6-10)9(11)5-7/h3-5H,2,6H2,1H3. The zero-order valence-electron chi connectivity index (χ0n) is 6.40. The van der Waals surface area contributed by atoms with Crippen LogP contribution in [0.15, 0.2) is 18.2 Å². The molecule has 0 aliphatic rings. The molecule has 0 bridgehead atoms. The quantitative estimate of drug-likeness (QED) is 0.719. The highest BCUT2D eigenvalue weighted by Gasteiger charge is 1.98. The van der Waals surface area contributed by atoms with E-state index >= 15 is 0 Å². The number of aryl methyl sites for hydroxylation is 1. The van der Waals surface area contributed by atoms with Crippen LogP contribution in [0.2, 0.25) is 0 Å². The van der Waals surface area contributed by atoms with Gasteiger partial charge in [-0.25, -0.2) is 4.39 Å². The third-order valence-corrected chi connectivity index (χ3v) is 2.67. The van der Waals surface area contributed by atoms with E-state index in [4.69, 9.17) is 0 Å². The van der Waals surface area contributed by atoms with Gasteiger partial charge in [0.1, 0.15) is 6.67 Å². The second-order valence-corrected chi connectivity index (χ2v) is 3.58. The summed E-state index contributed by atoms with van der Waals surface area (Å²) in [7, 11) is 0. The second kappa shape index (κ2) is 4.04. The molecule has 0 heterocycles. The maximum absolute atomic E-state index is 12.2. The van der Waals surface area contributed by atoms with Crippen molar-refractivity contribution in [3.8, 4) is 0 Å². The van der Waals surface area contributed by atoms with Crippen molar-refractivity contribution in [2.45, 2.75) is 20.0 Å². The minimum atomic E-state index is -0.359. The smallest absolute Gasteiger partial charge is 0.116 e. The van der Waals surface area contributed by atoms with Crippen LogP contribution in [0.1, 0.15) is 18.1 Å². The van der Waals surface area contributed by atoms with Crippen LogP contribution >= 0.6 is 22.6 Å². The van der Waals surface area contributed by atoms with Crippen LogP contribution in [0.4, 0.5) is 4.39 Å². The van der Waals surface area contributed by atoms with E-state index in [0.29, 0.717) is 0 Å². The molecule has 0 nitrogen and oxygen atoms in total. The van der Waals surface area contributed by atoms with Gasteiger partial charge in [0.05, 0.1) is 0 Å². The molecule has 2 heteroatoms. The zero-order valence-corrected chi connectivity index (χ0v) is 8.56. The summed E-state index contributed by atoms with van der Waals surface area (Å²) in [6.45, 7) is 1.74. The summed E-state index contributed by atoms with van der Waals surface area (Å²) >= 11 is 2.17. The molecule has 0 aliphatic carbocycles. The molecule has 0 radical (unpaired) electrons. The fourth-order valence-electron chi connectivity index (χ4n) is 0.919. The van der Waals surface area contributed by atoms with Crippen molar-refractivity contribution < 1.29 is 4.39 Å². The van der Waals surface area contributed by atoms with E-state index in [1.807, 2.05) is 18.2 Å². The van der Waals surface area contributed by atoms with Gasteiger partial charge in [0, 0.05) is 3.57 Å². The molecule has 0 aromatic heterocycles. The van der Waals surface area contributed by atoms with Gasteiger partial charge in [-0.15, -0.1) is 0 Å². The van der Waals surface area contributed by atoms with E-state index in [2.05, 4.69) is 29.5 Å². The van der Waals surface area contributed by atoms with Crippen molar-refractivity contribution in [1.29, 1.82) is 0 Å². The van der Waals surface area contributed by atoms with Crippen LogP contribution in [0.3, 0.4) is 0 Å². The topological polar surface area (TPSA) is 0 Å². The molecule has 0 atom stereocenters. The van der Waals surface area contributed by atoms with Gasteiger partial charge in [0.2, 0.25) is 0 Å². The lowest BCUT2D eigenvalue weighted by atomic mass is 10.1. The lowest BCUT2D eigenvalue weighted by Gasteiger charge is -2.01. The number of rotatable bonds is 2. The summed E-state index contributed by atoms with van der Waals surface area (Å²) in [4.78, 5) is 0. The third-order valence-electron chi connectivity index (χ3n) is 1.67. The fourth-order valence-corrected chi connectivity index (χ4v) is 1.64. The van der Waals surface area contributed by atoms with E-state index in [9.17, 15) is 4.39 Å². The molecule has 0 spiro atoms. The Labute approximate surface area is 80.0 Å². The molecule has 1 rings (SSSR count). The predicted octanol–water partition coefficient (Wildman–Crippen LogP) is 3.32. The molecular formula is C9H10FI. The van der Waals surface area contributed by atoms with Gasteiger partial charge < -0.3 is 0 Å². The Kier molecular flexibility index (Phi) is 3.30. The molecule has 1 aromatic carbocycles. The highest BCUT2D eigenvalue weighted by Crippen LogP contribution is 2.15. The molecule has 0 aliphatic heterocycles. The highest BCUT2D eigenvalue weighted by atomic mass is 127. The van der Waals surface area contributed by atoms with Gasteiger partial charge >= 0.3 is 0 Å². The van der Waals surface area contributed by atoms with Crippen molar-refractivity contribution in [3.05, 3.63) is 32.9 Å². The van der Waals surface area contributed by atoms with Crippen LogP contribution in [0.25, 0.3) is 0 Å². The molecule has 0 saturated carbocycles. The lowest BCUT2D eigenvalue weighted by molar-refractivity contribution is 0.483. The van der Waals surface area contributed by atoms with Gasteiger partial charge in [0.15, 0.2) is 0 Å². The molecule has 0 amide bonds. The van der Waals surface area contributed by atoms with E-state index in [-0.39, 0.29) is 6.67 Å². The van der Waals surface area contributed by atoms with Crippen molar-refractivity contribution in [3.63, 3.8) is 0 Å². The van der Waals surface area contributed by atoms with Gasteiger partial charge in [-0.2, -0.15) is 0 Å². The molecule has 0 fully saturated rings. The van der Waals surface area contributed by atoms with E-state index < -0.39 is 0 Å². The van der Waals surface area contributed by atoms with Crippen LogP contribution in [-0.4, -0.2) is 0 Å². The van der Waals surface area contributed by atoms with Crippen molar-refractivity contribution in [1.82, 2.24) is 0 Å². The Balaban J connectivity index is 2.99. The molecule has 11 heavy (non-hydrogen) atoms. The Bertz CT molecular complexity index is 245. The Hall–Kier alpha value is -0.120. The largest absolute Gasteiger partial charge is 0.246 e. The van der Waals surface area contributed by atoms with Gasteiger partial charge in [0.25, 0.3) is 0 Å². The Morgan fingerprint density at radius 1 is 1.45 bits per heavy atom. The maximum atomic E-state index is 12.2. The SMILES string of the molecule is CCc1ccc(CF)c(I)c1. The predicted molar refractivity (Wildman–Crippen MR) is 53.3 cm³/mol. The average Bonchev–Trinajstić information content (AvgIpc) is 2.04. The number of alkyl halides is 1. The highest BCUT2D eigenvalue weighted by molar-refractivity contribution is 14.1. The lowest BCUT2D eigenvalue weighted by Crippen LogP contribution is -1.87. The van der Waals surface area contributed by atoms with E-state index in [1.165, 1.54) is 5.56 Å². The first-order chi connectivity index (χ1) is 5.27. The molecule has 0 saturated heterocycles. The van der Waals surface area contributed by atoms with Crippen LogP contribution in [0, 0.1) is 3.57 Å². The Morgan fingerprint density at radius 2 is 2.18 bits per heavy atom.